The summed E-state index contributed by atoms with van der Waals surface area (Å²) in [7, 11) is 1.58. The van der Waals surface area contributed by atoms with E-state index in [-0.39, 0.29) is 12.0 Å². The molecule has 5 heteroatoms. The van der Waals surface area contributed by atoms with Gasteiger partial charge in [0.05, 0.1) is 17.7 Å². The number of nitrogens with two attached hydrogens (primary N) is 1. The van der Waals surface area contributed by atoms with Crippen LogP contribution < -0.4 is 5.73 Å². The van der Waals surface area contributed by atoms with Crippen LogP contribution in [0.1, 0.15) is 26.5 Å². The van der Waals surface area contributed by atoms with Gasteiger partial charge in [-0.3, -0.25) is 4.79 Å². The summed E-state index contributed by atoms with van der Waals surface area (Å²) in [6.45, 7) is 5.48. The van der Waals surface area contributed by atoms with E-state index >= 15 is 0 Å². The zero-order chi connectivity index (χ0) is 16.6. The Morgan fingerprint density at radius 1 is 1.45 bits per heavy atom. The summed E-state index contributed by atoms with van der Waals surface area (Å²) < 4.78 is 10.6. The monoisotopic (exact) mass is 304 g/mol. The Morgan fingerprint density at radius 3 is 2.73 bits per heavy atom. The summed E-state index contributed by atoms with van der Waals surface area (Å²) in [4.78, 5) is 15.4. The molecule has 1 amide bonds. The number of oxazole rings is 1. The number of aromatic nitrogens is 1. The van der Waals surface area contributed by atoms with Crippen molar-refractivity contribution in [2.45, 2.75) is 33.3 Å². The summed E-state index contributed by atoms with van der Waals surface area (Å²) in [5.41, 5.74) is 5.61. The lowest BCUT2D eigenvalue weighted by atomic mass is 9.82. The lowest BCUT2D eigenvalue weighted by Crippen LogP contribution is -2.43. The minimum atomic E-state index is -0.759. The molecule has 0 bridgehead atoms. The van der Waals surface area contributed by atoms with Gasteiger partial charge < -0.3 is 14.9 Å². The zero-order valence-electron chi connectivity index (χ0n) is 13.6. The normalized spacial score (nSPS) is 14.8. The van der Waals surface area contributed by atoms with Crippen molar-refractivity contribution in [3.63, 3.8) is 0 Å². The highest BCUT2D eigenvalue weighted by Gasteiger charge is 2.36. The van der Waals surface area contributed by atoms with Gasteiger partial charge >= 0.3 is 0 Å². The fraction of sp³-hybridized carbons (Fsp3) is 0.412. The van der Waals surface area contributed by atoms with Crippen LogP contribution in [0.25, 0.3) is 0 Å². The minimum absolute atomic E-state index is 0.354. The topological polar surface area (TPSA) is 78.3 Å². The van der Waals surface area contributed by atoms with Crippen molar-refractivity contribution in [3.05, 3.63) is 54.3 Å². The first-order valence-electron chi connectivity index (χ1n) is 7.09. The highest BCUT2D eigenvalue weighted by atomic mass is 16.5. The summed E-state index contributed by atoms with van der Waals surface area (Å²) in [5, 5.41) is 0. The van der Waals surface area contributed by atoms with Crippen molar-refractivity contribution in [2.24, 2.45) is 11.1 Å². The number of hydrogen-bond acceptors (Lipinski definition) is 4. The summed E-state index contributed by atoms with van der Waals surface area (Å²) >= 11 is 0. The number of hydrogen-bond donors (Lipinski definition) is 1. The van der Waals surface area contributed by atoms with Gasteiger partial charge in [0.15, 0.2) is 6.39 Å². The van der Waals surface area contributed by atoms with Crippen molar-refractivity contribution >= 4 is 5.91 Å². The molecule has 0 saturated heterocycles. The van der Waals surface area contributed by atoms with Gasteiger partial charge in [-0.2, -0.15) is 0 Å². The van der Waals surface area contributed by atoms with Gasteiger partial charge in [-0.1, -0.05) is 30.4 Å². The van der Waals surface area contributed by atoms with E-state index in [2.05, 4.69) is 4.98 Å². The predicted molar refractivity (Wildman–Crippen MR) is 86.0 cm³/mol. The molecule has 1 aromatic heterocycles. The average Bonchev–Trinajstić information content (AvgIpc) is 2.96. The van der Waals surface area contributed by atoms with Gasteiger partial charge in [-0.15, -0.1) is 0 Å². The average molecular weight is 304 g/mol. The standard InChI is InChI=1S/C17H24N2O3/c1-13(15(21-4)17(2,3)16(18)20)9-7-5-6-8-10-14-11-19-12-22-14/h5-9,11-12,15H,10H2,1-4H3,(H2,18,20)/b7-5-,8-6+,13-9-. The second kappa shape index (κ2) is 8.34. The van der Waals surface area contributed by atoms with E-state index in [0.29, 0.717) is 6.42 Å². The summed E-state index contributed by atoms with van der Waals surface area (Å²) in [6.07, 6.45) is 13.1. The Kier molecular flexibility index (Phi) is 6.79. The van der Waals surface area contributed by atoms with Crippen molar-refractivity contribution in [1.82, 2.24) is 4.98 Å². The number of allylic oxidation sites excluding steroid dienone is 5. The van der Waals surface area contributed by atoms with Gasteiger partial charge in [0.25, 0.3) is 0 Å². The molecule has 0 saturated carbocycles. The van der Waals surface area contributed by atoms with Gasteiger partial charge in [-0.05, 0) is 26.3 Å². The third kappa shape index (κ3) is 5.00. The molecule has 22 heavy (non-hydrogen) atoms. The Balaban J connectivity index is 2.61. The third-order valence-electron chi connectivity index (χ3n) is 3.46. The molecule has 1 unspecified atom stereocenters. The van der Waals surface area contributed by atoms with Gasteiger partial charge in [0, 0.05) is 13.5 Å². The molecule has 0 aliphatic carbocycles. The fourth-order valence-electron chi connectivity index (χ4n) is 2.14. The van der Waals surface area contributed by atoms with E-state index in [0.717, 1.165) is 11.3 Å². The van der Waals surface area contributed by atoms with E-state index < -0.39 is 5.41 Å². The molecule has 0 aromatic carbocycles. The first-order valence-corrected chi connectivity index (χ1v) is 7.09. The molecular weight excluding hydrogens is 280 g/mol. The van der Waals surface area contributed by atoms with Gasteiger partial charge in [-0.25, -0.2) is 4.98 Å². The molecular formula is C17H24N2O3. The van der Waals surface area contributed by atoms with E-state index in [1.165, 1.54) is 6.39 Å². The fourth-order valence-corrected chi connectivity index (χ4v) is 2.14. The predicted octanol–water partition coefficient (Wildman–Crippen LogP) is 2.80. The molecule has 0 aliphatic heterocycles. The number of nitrogens with zero attached hydrogens (tertiary/aromatic N) is 1. The molecule has 1 aromatic rings. The largest absolute Gasteiger partial charge is 0.448 e. The number of carbonyl (C=O) groups is 1. The molecule has 120 valence electrons. The van der Waals surface area contributed by atoms with Crippen molar-refractivity contribution in [1.29, 1.82) is 0 Å². The summed E-state index contributed by atoms with van der Waals surface area (Å²) in [6, 6.07) is 0. The van der Waals surface area contributed by atoms with E-state index in [1.807, 2.05) is 37.3 Å². The molecule has 1 rings (SSSR count). The molecule has 5 nitrogen and oxygen atoms in total. The number of ether oxygens (including phenoxy) is 1. The minimum Gasteiger partial charge on any atom is -0.448 e. The van der Waals surface area contributed by atoms with E-state index in [4.69, 9.17) is 14.9 Å². The van der Waals surface area contributed by atoms with Gasteiger partial charge in [0.1, 0.15) is 5.76 Å². The van der Waals surface area contributed by atoms with Gasteiger partial charge in [0.2, 0.25) is 5.91 Å². The van der Waals surface area contributed by atoms with Crippen LogP contribution in [0.5, 0.6) is 0 Å². The number of methoxy groups -OCH3 is 1. The first kappa shape index (κ1) is 17.9. The Morgan fingerprint density at radius 2 is 2.18 bits per heavy atom. The van der Waals surface area contributed by atoms with Crippen molar-refractivity contribution in [3.8, 4) is 0 Å². The number of carbonyl (C=O) groups excluding carboxylic acids is 1. The maximum atomic E-state index is 11.5. The Hall–Kier alpha value is -2.14. The van der Waals surface area contributed by atoms with Crippen LogP contribution in [0.3, 0.4) is 0 Å². The molecule has 0 fully saturated rings. The second-order valence-electron chi connectivity index (χ2n) is 5.60. The van der Waals surface area contributed by atoms with Crippen LogP contribution >= 0.6 is 0 Å². The third-order valence-corrected chi connectivity index (χ3v) is 3.46. The highest BCUT2D eigenvalue weighted by molar-refractivity contribution is 5.81. The lowest BCUT2D eigenvalue weighted by molar-refractivity contribution is -0.131. The maximum Gasteiger partial charge on any atom is 0.226 e. The SMILES string of the molecule is COC(\C(C)=C/C=C\C=C\Cc1cnco1)C(C)(C)C(N)=O. The van der Waals surface area contributed by atoms with Crippen LogP contribution in [-0.4, -0.2) is 24.1 Å². The quantitative estimate of drug-likeness (QED) is 0.749. The second-order valence-corrected chi connectivity index (χ2v) is 5.60. The smallest absolute Gasteiger partial charge is 0.226 e. The molecule has 0 radical (unpaired) electrons. The van der Waals surface area contributed by atoms with Crippen LogP contribution in [0.4, 0.5) is 0 Å². The maximum absolute atomic E-state index is 11.5. The van der Waals surface area contributed by atoms with Crippen LogP contribution in [0, 0.1) is 5.41 Å². The van der Waals surface area contributed by atoms with Crippen LogP contribution in [-0.2, 0) is 16.0 Å². The van der Waals surface area contributed by atoms with Crippen molar-refractivity contribution in [2.75, 3.05) is 7.11 Å². The number of amides is 1. The highest BCUT2D eigenvalue weighted by Crippen LogP contribution is 2.27. The van der Waals surface area contributed by atoms with E-state index in [1.54, 1.807) is 27.2 Å². The Labute approximate surface area is 131 Å². The zero-order valence-corrected chi connectivity index (χ0v) is 13.6. The Bertz CT molecular complexity index is 554. The van der Waals surface area contributed by atoms with Crippen molar-refractivity contribution < 1.29 is 13.9 Å². The molecule has 0 spiro atoms. The first-order chi connectivity index (χ1) is 10.4. The molecule has 1 atom stereocenters. The molecule has 1 heterocycles. The number of primary amides is 1. The summed E-state index contributed by atoms with van der Waals surface area (Å²) in [5.74, 6) is 0.432. The van der Waals surface area contributed by atoms with E-state index in [9.17, 15) is 4.79 Å². The molecule has 0 aliphatic rings. The number of rotatable bonds is 8. The van der Waals surface area contributed by atoms with Crippen LogP contribution in [0.15, 0.2) is 53.0 Å². The molecule has 2 N–H and O–H groups in total. The lowest BCUT2D eigenvalue weighted by Gasteiger charge is -2.30. The van der Waals surface area contributed by atoms with Crippen LogP contribution in [0.2, 0.25) is 0 Å².